The van der Waals surface area contributed by atoms with E-state index in [2.05, 4.69) is 6.58 Å². The van der Waals surface area contributed by atoms with Crippen LogP contribution in [0, 0.1) is 0 Å². The van der Waals surface area contributed by atoms with E-state index in [1.807, 2.05) is 6.07 Å². The van der Waals surface area contributed by atoms with E-state index in [1.165, 1.54) is 0 Å². The molecule has 0 fully saturated rings. The third-order valence-electron chi connectivity index (χ3n) is 1.66. The van der Waals surface area contributed by atoms with Gasteiger partial charge in [-0.25, -0.2) is 0 Å². The van der Waals surface area contributed by atoms with Crippen LogP contribution < -0.4 is 11.5 Å². The topological polar surface area (TPSA) is 52.0 Å². The van der Waals surface area contributed by atoms with Crippen LogP contribution in [0.3, 0.4) is 0 Å². The van der Waals surface area contributed by atoms with E-state index in [9.17, 15) is 0 Å². The van der Waals surface area contributed by atoms with Gasteiger partial charge in [0.1, 0.15) is 0 Å². The lowest BCUT2D eigenvalue weighted by atomic mass is 10.1. The smallest absolute Gasteiger partial charge is 0.0499 e. The number of anilines is 1. The first kappa shape index (κ1) is 9.10. The maximum Gasteiger partial charge on any atom is 0.0499 e. The molecule has 0 amide bonds. The van der Waals surface area contributed by atoms with Crippen LogP contribution in [0.1, 0.15) is 11.6 Å². The molecular weight excluding hydrogens is 172 g/mol. The Morgan fingerprint density at radius 3 is 2.67 bits per heavy atom. The van der Waals surface area contributed by atoms with Crippen molar-refractivity contribution < 1.29 is 0 Å². The number of nitrogen functional groups attached to an aromatic ring is 1. The van der Waals surface area contributed by atoms with Crippen LogP contribution in [-0.4, -0.2) is 0 Å². The van der Waals surface area contributed by atoms with Gasteiger partial charge in [0.25, 0.3) is 0 Å². The maximum atomic E-state index is 5.72. The van der Waals surface area contributed by atoms with Gasteiger partial charge in [0.2, 0.25) is 0 Å². The molecule has 4 N–H and O–H groups in total. The Morgan fingerprint density at radius 1 is 1.50 bits per heavy atom. The fourth-order valence-electron chi connectivity index (χ4n) is 0.976. The Bertz CT molecular complexity index is 297. The molecule has 3 heteroatoms. The summed E-state index contributed by atoms with van der Waals surface area (Å²) in [4.78, 5) is 0. The van der Waals surface area contributed by atoms with Crippen LogP contribution in [0.15, 0.2) is 30.9 Å². The van der Waals surface area contributed by atoms with Crippen molar-refractivity contribution in [3.05, 3.63) is 41.4 Å². The minimum atomic E-state index is -0.220. The molecule has 0 aliphatic rings. The average molecular weight is 183 g/mol. The van der Waals surface area contributed by atoms with Crippen LogP contribution in [0.2, 0.25) is 5.02 Å². The van der Waals surface area contributed by atoms with Crippen molar-refractivity contribution in [3.63, 3.8) is 0 Å². The summed E-state index contributed by atoms with van der Waals surface area (Å²) in [5.41, 5.74) is 12.9. The lowest BCUT2D eigenvalue weighted by Gasteiger charge is -2.09. The predicted octanol–water partition coefficient (Wildman–Crippen LogP) is 2.11. The molecule has 12 heavy (non-hydrogen) atoms. The van der Waals surface area contributed by atoms with E-state index in [-0.39, 0.29) is 6.04 Å². The Labute approximate surface area is 76.8 Å². The molecule has 2 nitrogen and oxygen atoms in total. The second-order valence-corrected chi connectivity index (χ2v) is 2.97. The van der Waals surface area contributed by atoms with Gasteiger partial charge in [-0.05, 0) is 17.7 Å². The highest BCUT2D eigenvalue weighted by Gasteiger charge is 2.05. The summed E-state index contributed by atoms with van der Waals surface area (Å²) in [6.45, 7) is 3.59. The second kappa shape index (κ2) is 3.61. The lowest BCUT2D eigenvalue weighted by molar-refractivity contribution is 0.918. The highest BCUT2D eigenvalue weighted by molar-refractivity contribution is 6.30. The third kappa shape index (κ3) is 1.78. The summed E-state index contributed by atoms with van der Waals surface area (Å²) in [7, 11) is 0. The van der Waals surface area contributed by atoms with Gasteiger partial charge in [0.15, 0.2) is 0 Å². The van der Waals surface area contributed by atoms with Crippen LogP contribution in [0.25, 0.3) is 0 Å². The monoisotopic (exact) mass is 182 g/mol. The van der Waals surface area contributed by atoms with Gasteiger partial charge in [-0.1, -0.05) is 23.7 Å². The van der Waals surface area contributed by atoms with Gasteiger partial charge < -0.3 is 11.5 Å². The molecule has 1 aromatic carbocycles. The summed E-state index contributed by atoms with van der Waals surface area (Å²) >= 11 is 5.72. The lowest BCUT2D eigenvalue weighted by Crippen LogP contribution is -2.08. The molecule has 64 valence electrons. The standard InChI is InChI=1S/C9H11ClN2/c1-2-8(11)7-4-3-6(10)5-9(7)12/h2-5,8H,1,11-12H2/t8-/m0/s1. The SMILES string of the molecule is C=C[C@H](N)c1ccc(Cl)cc1N. The molecule has 0 saturated heterocycles. The third-order valence-corrected chi connectivity index (χ3v) is 1.90. The zero-order valence-electron chi connectivity index (χ0n) is 6.63. The van der Waals surface area contributed by atoms with Crippen LogP contribution in [-0.2, 0) is 0 Å². The Morgan fingerprint density at radius 2 is 2.17 bits per heavy atom. The first-order valence-electron chi connectivity index (χ1n) is 3.58. The van der Waals surface area contributed by atoms with Crippen molar-refractivity contribution in [1.82, 2.24) is 0 Å². The van der Waals surface area contributed by atoms with Crippen molar-refractivity contribution in [2.45, 2.75) is 6.04 Å². The Kier molecular flexibility index (Phi) is 2.74. The van der Waals surface area contributed by atoms with Gasteiger partial charge in [0.05, 0.1) is 0 Å². The van der Waals surface area contributed by atoms with Crippen LogP contribution in [0.4, 0.5) is 5.69 Å². The van der Waals surface area contributed by atoms with Gasteiger partial charge in [-0.15, -0.1) is 6.58 Å². The second-order valence-electron chi connectivity index (χ2n) is 2.53. The largest absolute Gasteiger partial charge is 0.398 e. The zero-order valence-corrected chi connectivity index (χ0v) is 7.38. The zero-order chi connectivity index (χ0) is 9.14. The van der Waals surface area contributed by atoms with E-state index in [4.69, 9.17) is 23.1 Å². The maximum absolute atomic E-state index is 5.72. The summed E-state index contributed by atoms with van der Waals surface area (Å²) in [6, 6.07) is 5.03. The quantitative estimate of drug-likeness (QED) is 0.544. The van der Waals surface area contributed by atoms with E-state index in [0.717, 1.165) is 5.56 Å². The first-order chi connectivity index (χ1) is 5.65. The molecule has 0 unspecified atom stereocenters. The van der Waals surface area contributed by atoms with Crippen molar-refractivity contribution in [2.75, 3.05) is 5.73 Å². The number of hydrogen-bond acceptors (Lipinski definition) is 2. The summed E-state index contributed by atoms with van der Waals surface area (Å²) in [5.74, 6) is 0. The molecule has 0 aliphatic carbocycles. The fourth-order valence-corrected chi connectivity index (χ4v) is 1.16. The number of halogens is 1. The molecular formula is C9H11ClN2. The van der Waals surface area contributed by atoms with E-state index in [1.54, 1.807) is 18.2 Å². The van der Waals surface area contributed by atoms with Crippen molar-refractivity contribution >= 4 is 17.3 Å². The summed E-state index contributed by atoms with van der Waals surface area (Å²) in [6.07, 6.45) is 1.64. The van der Waals surface area contributed by atoms with Gasteiger partial charge >= 0.3 is 0 Å². The molecule has 1 rings (SSSR count). The Hall–Kier alpha value is -0.990. The van der Waals surface area contributed by atoms with Crippen molar-refractivity contribution in [3.8, 4) is 0 Å². The highest BCUT2D eigenvalue weighted by Crippen LogP contribution is 2.22. The number of nitrogens with two attached hydrogens (primary N) is 2. The molecule has 0 aliphatic heterocycles. The molecule has 0 bridgehead atoms. The van der Waals surface area contributed by atoms with Gasteiger partial charge in [-0.2, -0.15) is 0 Å². The van der Waals surface area contributed by atoms with E-state index >= 15 is 0 Å². The van der Waals surface area contributed by atoms with Crippen molar-refractivity contribution in [1.29, 1.82) is 0 Å². The molecule has 1 atom stereocenters. The van der Waals surface area contributed by atoms with Crippen molar-refractivity contribution in [2.24, 2.45) is 5.73 Å². The molecule has 0 saturated carbocycles. The van der Waals surface area contributed by atoms with Gasteiger partial charge in [0, 0.05) is 16.8 Å². The summed E-state index contributed by atoms with van der Waals surface area (Å²) in [5, 5.41) is 0.618. The summed E-state index contributed by atoms with van der Waals surface area (Å²) < 4.78 is 0. The predicted molar refractivity (Wildman–Crippen MR) is 53.0 cm³/mol. The fraction of sp³-hybridized carbons (Fsp3) is 0.111. The molecule has 0 heterocycles. The number of benzene rings is 1. The number of hydrogen-bond donors (Lipinski definition) is 2. The highest BCUT2D eigenvalue weighted by atomic mass is 35.5. The molecule has 0 spiro atoms. The minimum absolute atomic E-state index is 0.220. The van der Waals surface area contributed by atoms with Gasteiger partial charge in [-0.3, -0.25) is 0 Å². The molecule has 1 aromatic rings. The molecule has 0 radical (unpaired) electrons. The normalized spacial score (nSPS) is 12.5. The van der Waals surface area contributed by atoms with E-state index < -0.39 is 0 Å². The Balaban J connectivity index is 3.09. The molecule has 0 aromatic heterocycles. The minimum Gasteiger partial charge on any atom is -0.398 e. The van der Waals surface area contributed by atoms with Crippen LogP contribution >= 0.6 is 11.6 Å². The van der Waals surface area contributed by atoms with Crippen LogP contribution in [0.5, 0.6) is 0 Å². The number of rotatable bonds is 2. The average Bonchev–Trinajstić information content (AvgIpc) is 2.03. The first-order valence-corrected chi connectivity index (χ1v) is 3.96. The van der Waals surface area contributed by atoms with E-state index in [0.29, 0.717) is 10.7 Å².